The Labute approximate surface area is 177 Å². The highest BCUT2D eigenvalue weighted by Gasteiger charge is 2.56. The summed E-state index contributed by atoms with van der Waals surface area (Å²) in [6, 6.07) is 18.5. The first-order valence-electron chi connectivity index (χ1n) is 10.0. The third-order valence-corrected chi connectivity index (χ3v) is 5.39. The second kappa shape index (κ2) is 9.91. The monoisotopic (exact) mass is 410 g/mol. The first kappa shape index (κ1) is 22.1. The first-order chi connectivity index (χ1) is 14.4. The Hall–Kier alpha value is -2.64. The van der Waals surface area contributed by atoms with Crippen LogP contribution in [-0.4, -0.2) is 44.6 Å². The summed E-state index contributed by atoms with van der Waals surface area (Å²) >= 11 is 0. The van der Waals surface area contributed by atoms with Crippen LogP contribution in [-0.2, 0) is 41.8 Å². The molecule has 0 amide bonds. The van der Waals surface area contributed by atoms with Crippen LogP contribution in [0.1, 0.15) is 24.5 Å². The topological polar surface area (TPSA) is 71.1 Å². The van der Waals surface area contributed by atoms with Gasteiger partial charge in [-0.1, -0.05) is 60.7 Å². The first-order valence-corrected chi connectivity index (χ1v) is 10.0. The minimum Gasteiger partial charge on any atom is -0.461 e. The molecule has 3 rings (SSSR count). The van der Waals surface area contributed by atoms with E-state index in [1.54, 1.807) is 6.92 Å². The summed E-state index contributed by atoms with van der Waals surface area (Å²) in [4.78, 5) is 25.5. The van der Waals surface area contributed by atoms with Crippen molar-refractivity contribution < 1.29 is 28.5 Å². The number of carbonyl (C=O) groups is 2. The van der Waals surface area contributed by atoms with Crippen molar-refractivity contribution in [1.82, 2.24) is 0 Å². The van der Waals surface area contributed by atoms with Gasteiger partial charge in [0.2, 0.25) is 0 Å². The lowest BCUT2D eigenvalue weighted by molar-refractivity contribution is -0.163. The van der Waals surface area contributed by atoms with Gasteiger partial charge in [0.15, 0.2) is 0 Å². The molecule has 0 saturated carbocycles. The predicted octanol–water partition coefficient (Wildman–Crippen LogP) is 2.24. The number of esters is 2. The molecular weight excluding hydrogens is 383 g/mol. The van der Waals surface area contributed by atoms with Crippen molar-refractivity contribution in [2.24, 2.45) is 5.92 Å². The van der Waals surface area contributed by atoms with E-state index in [2.05, 4.69) is 0 Å². The van der Waals surface area contributed by atoms with E-state index in [-0.39, 0.29) is 25.6 Å². The molecule has 0 spiro atoms. The molecule has 0 bridgehead atoms. The molecule has 1 fully saturated rings. The molecule has 2 aromatic rings. The molecule has 1 saturated heterocycles. The molecule has 0 aromatic heterocycles. The minimum atomic E-state index is -1.08. The van der Waals surface area contributed by atoms with Gasteiger partial charge in [-0.25, -0.2) is 0 Å². The van der Waals surface area contributed by atoms with Crippen LogP contribution >= 0.6 is 0 Å². The van der Waals surface area contributed by atoms with Crippen LogP contribution in [0.15, 0.2) is 60.7 Å². The SMILES string of the molecule is B[C@@H]1O[C@](C)(CC(=O)OCc2ccccc2)C(C(=O)OCc2ccccc2)[C@@H]1OC. The van der Waals surface area contributed by atoms with E-state index in [0.29, 0.717) is 0 Å². The molecule has 1 heterocycles. The lowest BCUT2D eigenvalue weighted by Gasteiger charge is -2.29. The van der Waals surface area contributed by atoms with Gasteiger partial charge in [-0.15, -0.1) is 0 Å². The second-order valence-electron chi connectivity index (χ2n) is 7.73. The Bertz CT molecular complexity index is 843. The normalized spacial score (nSPS) is 25.6. The highest BCUT2D eigenvalue weighted by atomic mass is 16.6. The number of benzene rings is 2. The van der Waals surface area contributed by atoms with Crippen LogP contribution in [0, 0.1) is 5.92 Å². The van der Waals surface area contributed by atoms with Gasteiger partial charge in [0, 0.05) is 7.11 Å². The molecular formula is C23H27BO6. The molecule has 1 unspecified atom stereocenters. The van der Waals surface area contributed by atoms with Crippen LogP contribution in [0.5, 0.6) is 0 Å². The van der Waals surface area contributed by atoms with Gasteiger partial charge in [-0.05, 0) is 18.1 Å². The summed E-state index contributed by atoms with van der Waals surface area (Å²) in [7, 11) is 3.35. The molecule has 6 nitrogen and oxygen atoms in total. The largest absolute Gasteiger partial charge is 0.461 e. The van der Waals surface area contributed by atoms with Crippen LogP contribution in [0.3, 0.4) is 0 Å². The van der Waals surface area contributed by atoms with E-state index in [4.69, 9.17) is 18.9 Å². The van der Waals surface area contributed by atoms with Gasteiger partial charge in [0.25, 0.3) is 0 Å². The fraction of sp³-hybridized carbons (Fsp3) is 0.391. The molecule has 30 heavy (non-hydrogen) atoms. The average Bonchev–Trinajstić information content (AvgIpc) is 3.01. The Balaban J connectivity index is 1.66. The lowest BCUT2D eigenvalue weighted by atomic mass is 9.80. The predicted molar refractivity (Wildman–Crippen MR) is 113 cm³/mol. The van der Waals surface area contributed by atoms with Crippen molar-refractivity contribution in [3.63, 3.8) is 0 Å². The van der Waals surface area contributed by atoms with Gasteiger partial charge in [-0.3, -0.25) is 9.59 Å². The summed E-state index contributed by atoms with van der Waals surface area (Å²) in [5, 5.41) is 0. The highest BCUT2D eigenvalue weighted by Crippen LogP contribution is 2.40. The van der Waals surface area contributed by atoms with Gasteiger partial charge < -0.3 is 18.9 Å². The van der Waals surface area contributed by atoms with Crippen molar-refractivity contribution in [2.45, 2.75) is 44.3 Å². The number of ether oxygens (including phenoxy) is 4. The average molecular weight is 410 g/mol. The third-order valence-electron chi connectivity index (χ3n) is 5.39. The molecule has 4 atom stereocenters. The minimum absolute atomic E-state index is 0.0743. The maximum Gasteiger partial charge on any atom is 0.314 e. The van der Waals surface area contributed by atoms with Crippen LogP contribution in [0.4, 0.5) is 0 Å². The molecule has 1 aliphatic rings. The van der Waals surface area contributed by atoms with E-state index in [9.17, 15) is 9.59 Å². The van der Waals surface area contributed by atoms with Crippen molar-refractivity contribution in [1.29, 1.82) is 0 Å². The van der Waals surface area contributed by atoms with E-state index >= 15 is 0 Å². The molecule has 0 aliphatic carbocycles. The van der Waals surface area contributed by atoms with Gasteiger partial charge in [-0.2, -0.15) is 0 Å². The van der Waals surface area contributed by atoms with Crippen LogP contribution in [0.2, 0.25) is 0 Å². The number of rotatable bonds is 8. The van der Waals surface area contributed by atoms with Crippen molar-refractivity contribution in [3.8, 4) is 0 Å². The third kappa shape index (κ3) is 5.29. The van der Waals surface area contributed by atoms with Crippen LogP contribution < -0.4 is 0 Å². The molecule has 7 heteroatoms. The fourth-order valence-corrected chi connectivity index (χ4v) is 3.94. The standard InChI is InChI=1S/C23H27BO6/c1-23(13-18(25)28-14-16-9-5-3-6-10-16)19(20(27-2)21(24)30-23)22(26)29-15-17-11-7-4-8-12-17/h3-12,19-21H,13-15,24H2,1-2H3/t19?,20-,21+,23+/m0/s1. The second-order valence-corrected chi connectivity index (χ2v) is 7.73. The van der Waals surface area contributed by atoms with Gasteiger partial charge in [0.1, 0.15) is 27.0 Å². The van der Waals surface area contributed by atoms with Crippen molar-refractivity contribution in [3.05, 3.63) is 71.8 Å². The van der Waals surface area contributed by atoms with Gasteiger partial charge in [0.05, 0.1) is 24.1 Å². The van der Waals surface area contributed by atoms with Crippen molar-refractivity contribution in [2.75, 3.05) is 7.11 Å². The molecule has 0 N–H and O–H groups in total. The molecule has 0 radical (unpaired) electrons. The summed E-state index contributed by atoms with van der Waals surface area (Å²) in [5.74, 6) is -1.63. The molecule has 2 aromatic carbocycles. The zero-order valence-electron chi connectivity index (χ0n) is 17.6. The summed E-state index contributed by atoms with van der Waals surface area (Å²) in [5.41, 5.74) is 0.697. The van der Waals surface area contributed by atoms with Crippen molar-refractivity contribution >= 4 is 19.8 Å². The lowest BCUT2D eigenvalue weighted by Crippen LogP contribution is -2.44. The quantitative estimate of drug-likeness (QED) is 0.491. The number of carbonyl (C=O) groups excluding carboxylic acids is 2. The Morgan fingerprint density at radius 3 is 2.03 bits per heavy atom. The smallest absolute Gasteiger partial charge is 0.314 e. The number of hydrogen-bond acceptors (Lipinski definition) is 6. The number of hydrogen-bond donors (Lipinski definition) is 0. The Morgan fingerprint density at radius 1 is 0.967 bits per heavy atom. The van der Waals surface area contributed by atoms with E-state index in [1.165, 1.54) is 7.11 Å². The molecule has 158 valence electrons. The zero-order valence-corrected chi connectivity index (χ0v) is 17.6. The highest BCUT2D eigenvalue weighted by molar-refractivity contribution is 6.12. The maximum atomic E-state index is 13.0. The summed E-state index contributed by atoms with van der Waals surface area (Å²) in [6.45, 7) is 2.05. The zero-order chi connectivity index (χ0) is 21.6. The van der Waals surface area contributed by atoms with Crippen LogP contribution in [0.25, 0.3) is 0 Å². The van der Waals surface area contributed by atoms with E-state index in [1.807, 2.05) is 68.5 Å². The van der Waals surface area contributed by atoms with Gasteiger partial charge >= 0.3 is 11.9 Å². The van der Waals surface area contributed by atoms with E-state index < -0.39 is 29.6 Å². The Morgan fingerprint density at radius 2 is 1.50 bits per heavy atom. The Kier molecular flexibility index (Phi) is 7.29. The summed E-state index contributed by atoms with van der Waals surface area (Å²) in [6.07, 6.45) is -0.588. The summed E-state index contributed by atoms with van der Waals surface area (Å²) < 4.78 is 22.5. The maximum absolute atomic E-state index is 13.0. The molecule has 1 aliphatic heterocycles. The number of methoxy groups -OCH3 is 1. The van der Waals surface area contributed by atoms with E-state index in [0.717, 1.165) is 11.1 Å². The fourth-order valence-electron chi connectivity index (χ4n) is 3.94.